The van der Waals surface area contributed by atoms with E-state index in [1.165, 1.54) is 6.07 Å². The number of imidazole rings is 1. The van der Waals surface area contributed by atoms with Crippen LogP contribution in [0.5, 0.6) is 0 Å². The first-order valence-corrected chi connectivity index (χ1v) is 7.75. The molecule has 1 N–H and O–H groups in total. The molecule has 2 aromatic rings. The molecule has 1 aromatic heterocycles. The molecular formula is C17H23FN4O. The Bertz CT molecular complexity index is 668. The molecule has 1 heterocycles. The van der Waals surface area contributed by atoms with Crippen molar-refractivity contribution in [1.29, 1.82) is 0 Å². The van der Waals surface area contributed by atoms with Gasteiger partial charge in [-0.05, 0) is 30.5 Å². The molecule has 0 fully saturated rings. The van der Waals surface area contributed by atoms with E-state index in [2.05, 4.69) is 10.3 Å². The van der Waals surface area contributed by atoms with E-state index in [-0.39, 0.29) is 11.8 Å². The smallest absolute Gasteiger partial charge is 0.318 e. The van der Waals surface area contributed by atoms with Crippen LogP contribution >= 0.6 is 0 Å². The van der Waals surface area contributed by atoms with Crippen LogP contribution in [-0.4, -0.2) is 27.0 Å². The second-order valence-electron chi connectivity index (χ2n) is 5.62. The zero-order valence-corrected chi connectivity index (χ0v) is 13.8. The number of aryl methyl sites for hydroxylation is 2. The first-order valence-electron chi connectivity index (χ1n) is 7.75. The summed E-state index contributed by atoms with van der Waals surface area (Å²) in [4.78, 5) is 18.4. The Morgan fingerprint density at radius 2 is 2.22 bits per heavy atom. The quantitative estimate of drug-likeness (QED) is 0.890. The molecule has 124 valence electrons. The van der Waals surface area contributed by atoms with Crippen LogP contribution < -0.4 is 5.32 Å². The van der Waals surface area contributed by atoms with Crippen molar-refractivity contribution in [1.82, 2.24) is 19.8 Å². The number of nitrogens with zero attached hydrogens (tertiary/aromatic N) is 3. The number of halogens is 1. The van der Waals surface area contributed by atoms with Crippen molar-refractivity contribution >= 4 is 6.03 Å². The number of carbonyl (C=O) groups excluding carboxylic acids is 1. The molecule has 0 spiro atoms. The number of amides is 2. The maximum Gasteiger partial charge on any atom is 0.318 e. The van der Waals surface area contributed by atoms with Crippen LogP contribution in [0.4, 0.5) is 9.18 Å². The van der Waals surface area contributed by atoms with Crippen LogP contribution in [0.15, 0.2) is 30.6 Å². The molecule has 0 aliphatic heterocycles. The highest BCUT2D eigenvalue weighted by Gasteiger charge is 2.15. The second kappa shape index (κ2) is 7.76. The number of nitrogens with one attached hydrogen (secondary N) is 1. The molecular weight excluding hydrogens is 295 g/mol. The summed E-state index contributed by atoms with van der Waals surface area (Å²) in [5.41, 5.74) is 1.46. The van der Waals surface area contributed by atoms with E-state index < -0.39 is 0 Å². The zero-order chi connectivity index (χ0) is 16.8. The Morgan fingerprint density at radius 3 is 2.83 bits per heavy atom. The maximum atomic E-state index is 13.3. The van der Waals surface area contributed by atoms with Gasteiger partial charge < -0.3 is 14.8 Å². The lowest BCUT2D eigenvalue weighted by Crippen LogP contribution is -2.40. The van der Waals surface area contributed by atoms with Gasteiger partial charge in [0.25, 0.3) is 0 Å². The van der Waals surface area contributed by atoms with Crippen LogP contribution in [0.2, 0.25) is 0 Å². The number of aromatic nitrogens is 2. The number of carbonyl (C=O) groups is 1. The van der Waals surface area contributed by atoms with E-state index in [0.29, 0.717) is 25.2 Å². The topological polar surface area (TPSA) is 50.2 Å². The Hall–Kier alpha value is -2.37. The van der Waals surface area contributed by atoms with Crippen molar-refractivity contribution in [3.63, 3.8) is 0 Å². The summed E-state index contributed by atoms with van der Waals surface area (Å²) < 4.78 is 15.2. The Morgan fingerprint density at radius 1 is 1.43 bits per heavy atom. The van der Waals surface area contributed by atoms with Gasteiger partial charge in [-0.2, -0.15) is 0 Å². The normalized spacial score (nSPS) is 10.6. The first kappa shape index (κ1) is 17.0. The average molecular weight is 318 g/mol. The van der Waals surface area contributed by atoms with Gasteiger partial charge in [-0.3, -0.25) is 0 Å². The number of hydrogen-bond donors (Lipinski definition) is 1. The molecule has 5 nitrogen and oxygen atoms in total. The third-order valence-electron chi connectivity index (χ3n) is 3.70. The van der Waals surface area contributed by atoms with E-state index in [0.717, 1.165) is 17.8 Å². The van der Waals surface area contributed by atoms with E-state index in [1.54, 1.807) is 30.2 Å². The van der Waals surface area contributed by atoms with Gasteiger partial charge in [0.15, 0.2) is 0 Å². The van der Waals surface area contributed by atoms with E-state index in [4.69, 9.17) is 0 Å². The van der Waals surface area contributed by atoms with Gasteiger partial charge in [0.05, 0.1) is 6.54 Å². The molecule has 0 atom stereocenters. The molecule has 2 amide bonds. The maximum absolute atomic E-state index is 13.3. The number of benzene rings is 1. The lowest BCUT2D eigenvalue weighted by molar-refractivity contribution is 0.192. The Labute approximate surface area is 136 Å². The van der Waals surface area contributed by atoms with Crippen molar-refractivity contribution < 1.29 is 9.18 Å². The van der Waals surface area contributed by atoms with Gasteiger partial charge in [-0.1, -0.05) is 19.1 Å². The largest absolute Gasteiger partial charge is 0.337 e. The minimum atomic E-state index is -0.234. The summed E-state index contributed by atoms with van der Waals surface area (Å²) in [5.74, 6) is 0.605. The van der Waals surface area contributed by atoms with E-state index >= 15 is 0 Å². The van der Waals surface area contributed by atoms with E-state index in [1.807, 2.05) is 24.7 Å². The third-order valence-corrected chi connectivity index (χ3v) is 3.70. The van der Waals surface area contributed by atoms with Gasteiger partial charge >= 0.3 is 6.03 Å². The van der Waals surface area contributed by atoms with Crippen LogP contribution in [0.3, 0.4) is 0 Å². The minimum Gasteiger partial charge on any atom is -0.337 e. The predicted octanol–water partition coefficient (Wildman–Crippen LogP) is 2.99. The minimum absolute atomic E-state index is 0.142. The summed E-state index contributed by atoms with van der Waals surface area (Å²) in [7, 11) is 1.91. The second-order valence-corrected chi connectivity index (χ2v) is 5.62. The first-order chi connectivity index (χ1) is 11.0. The lowest BCUT2D eigenvalue weighted by Gasteiger charge is -2.22. The SMILES string of the molecule is CCCN(Cc1nccn1C)C(=O)NCc1ccc(F)c(C)c1. The summed E-state index contributed by atoms with van der Waals surface area (Å²) in [6.45, 7) is 5.24. The highest BCUT2D eigenvalue weighted by atomic mass is 19.1. The van der Waals surface area contributed by atoms with Crippen molar-refractivity contribution in [2.24, 2.45) is 7.05 Å². The molecule has 0 radical (unpaired) electrons. The van der Waals surface area contributed by atoms with Gasteiger partial charge in [-0.15, -0.1) is 0 Å². The molecule has 0 bridgehead atoms. The average Bonchev–Trinajstić information content (AvgIpc) is 2.93. The van der Waals surface area contributed by atoms with Crippen molar-refractivity contribution in [2.75, 3.05) is 6.54 Å². The number of urea groups is 1. The Balaban J connectivity index is 1.97. The van der Waals surface area contributed by atoms with Crippen LogP contribution in [0.1, 0.15) is 30.3 Å². The molecule has 2 rings (SSSR count). The number of rotatable bonds is 6. The monoisotopic (exact) mass is 318 g/mol. The summed E-state index contributed by atoms with van der Waals surface area (Å²) >= 11 is 0. The van der Waals surface area contributed by atoms with Gasteiger partial charge in [-0.25, -0.2) is 14.2 Å². The van der Waals surface area contributed by atoms with Crippen LogP contribution in [0.25, 0.3) is 0 Å². The number of hydrogen-bond acceptors (Lipinski definition) is 2. The molecule has 6 heteroatoms. The molecule has 23 heavy (non-hydrogen) atoms. The summed E-state index contributed by atoms with van der Waals surface area (Å²) in [5, 5.41) is 2.89. The van der Waals surface area contributed by atoms with Crippen LogP contribution in [0, 0.1) is 12.7 Å². The highest BCUT2D eigenvalue weighted by molar-refractivity contribution is 5.74. The fraction of sp³-hybridized carbons (Fsp3) is 0.412. The lowest BCUT2D eigenvalue weighted by atomic mass is 10.1. The van der Waals surface area contributed by atoms with Crippen molar-refractivity contribution in [2.45, 2.75) is 33.4 Å². The fourth-order valence-corrected chi connectivity index (χ4v) is 2.35. The van der Waals surface area contributed by atoms with Crippen LogP contribution in [-0.2, 0) is 20.1 Å². The van der Waals surface area contributed by atoms with E-state index in [9.17, 15) is 9.18 Å². The highest BCUT2D eigenvalue weighted by Crippen LogP contribution is 2.09. The Kier molecular flexibility index (Phi) is 5.73. The van der Waals surface area contributed by atoms with Crippen molar-refractivity contribution in [3.05, 3.63) is 53.4 Å². The molecule has 1 aromatic carbocycles. The molecule has 0 aliphatic carbocycles. The standard InChI is InChI=1S/C17H23FN4O/c1-4-8-22(12-16-19-7-9-21(16)3)17(23)20-11-14-5-6-15(18)13(2)10-14/h5-7,9-10H,4,8,11-12H2,1-3H3,(H,20,23). The third kappa shape index (κ3) is 4.55. The summed E-state index contributed by atoms with van der Waals surface area (Å²) in [6.07, 6.45) is 4.45. The molecule has 0 saturated heterocycles. The molecule has 0 aliphatic rings. The fourth-order valence-electron chi connectivity index (χ4n) is 2.35. The van der Waals surface area contributed by atoms with Crippen molar-refractivity contribution in [3.8, 4) is 0 Å². The van der Waals surface area contributed by atoms with Gasteiger partial charge in [0, 0.05) is 32.5 Å². The van der Waals surface area contributed by atoms with Gasteiger partial charge in [0.2, 0.25) is 0 Å². The predicted molar refractivity (Wildman–Crippen MR) is 87.3 cm³/mol. The molecule has 0 saturated carbocycles. The summed E-state index contributed by atoms with van der Waals surface area (Å²) in [6, 6.07) is 4.72. The van der Waals surface area contributed by atoms with Gasteiger partial charge in [0.1, 0.15) is 11.6 Å². The molecule has 0 unspecified atom stereocenters. The zero-order valence-electron chi connectivity index (χ0n) is 13.8.